The van der Waals surface area contributed by atoms with Crippen molar-refractivity contribution in [1.82, 2.24) is 0 Å². The molecule has 0 fully saturated rings. The highest BCUT2D eigenvalue weighted by Gasteiger charge is 1.94. The van der Waals surface area contributed by atoms with Gasteiger partial charge in [-0.3, -0.25) is 0 Å². The first kappa shape index (κ1) is 11.1. The standard InChI is InChI=1S/C14H12N2O/c17-11-16-14-8-6-13(7-9-14)15-10-12-4-2-1-3-5-12/h1-9,15H,10H2. The monoisotopic (exact) mass is 224 g/mol. The average molecular weight is 224 g/mol. The van der Waals surface area contributed by atoms with Gasteiger partial charge in [0.25, 0.3) is 0 Å². The predicted octanol–water partition coefficient (Wildman–Crippen LogP) is 3.27. The molecule has 0 aromatic heterocycles. The first-order chi connectivity index (χ1) is 8.38. The molecule has 2 aromatic carbocycles. The molecule has 17 heavy (non-hydrogen) atoms. The van der Waals surface area contributed by atoms with Gasteiger partial charge in [0, 0.05) is 12.2 Å². The van der Waals surface area contributed by atoms with E-state index in [-0.39, 0.29) is 0 Å². The lowest BCUT2D eigenvalue weighted by molar-refractivity contribution is 0.565. The Morgan fingerprint density at radius 3 is 2.35 bits per heavy atom. The largest absolute Gasteiger partial charge is 0.381 e. The van der Waals surface area contributed by atoms with Crippen LogP contribution in [0.4, 0.5) is 11.4 Å². The predicted molar refractivity (Wildman–Crippen MR) is 68.0 cm³/mol. The minimum absolute atomic E-state index is 0.616. The lowest BCUT2D eigenvalue weighted by atomic mass is 10.2. The molecule has 0 atom stereocenters. The highest BCUT2D eigenvalue weighted by atomic mass is 16.1. The third-order valence-corrected chi connectivity index (χ3v) is 2.38. The molecule has 0 amide bonds. The zero-order valence-electron chi connectivity index (χ0n) is 9.26. The number of anilines is 1. The lowest BCUT2D eigenvalue weighted by Gasteiger charge is -2.06. The van der Waals surface area contributed by atoms with E-state index in [9.17, 15) is 4.79 Å². The van der Waals surface area contributed by atoms with E-state index in [0.29, 0.717) is 5.69 Å². The molecule has 1 N–H and O–H groups in total. The molecule has 0 bridgehead atoms. The van der Waals surface area contributed by atoms with Gasteiger partial charge >= 0.3 is 0 Å². The maximum Gasteiger partial charge on any atom is 0.240 e. The molecule has 0 aliphatic heterocycles. The Labute approximate surface area is 99.8 Å². The summed E-state index contributed by atoms with van der Waals surface area (Å²) in [5.74, 6) is 0. The van der Waals surface area contributed by atoms with Crippen molar-refractivity contribution in [2.45, 2.75) is 6.54 Å². The summed E-state index contributed by atoms with van der Waals surface area (Å²) >= 11 is 0. The van der Waals surface area contributed by atoms with Crippen LogP contribution in [-0.4, -0.2) is 6.08 Å². The van der Waals surface area contributed by atoms with E-state index in [1.165, 1.54) is 11.6 Å². The van der Waals surface area contributed by atoms with Gasteiger partial charge in [-0.1, -0.05) is 30.3 Å². The minimum atomic E-state index is 0.616. The van der Waals surface area contributed by atoms with Gasteiger partial charge in [-0.2, -0.15) is 4.99 Å². The summed E-state index contributed by atoms with van der Waals surface area (Å²) in [4.78, 5) is 13.6. The highest BCUT2D eigenvalue weighted by Crippen LogP contribution is 2.16. The number of rotatable bonds is 4. The molecule has 0 radical (unpaired) electrons. The molecule has 2 aromatic rings. The van der Waals surface area contributed by atoms with Crippen molar-refractivity contribution < 1.29 is 4.79 Å². The first-order valence-electron chi connectivity index (χ1n) is 5.34. The topological polar surface area (TPSA) is 41.5 Å². The summed E-state index contributed by atoms with van der Waals surface area (Å²) in [6.45, 7) is 0.775. The number of carbonyl (C=O) groups excluding carboxylic acids is 1. The fourth-order valence-corrected chi connectivity index (χ4v) is 1.51. The van der Waals surface area contributed by atoms with Crippen LogP contribution < -0.4 is 5.32 Å². The molecule has 0 saturated heterocycles. The smallest absolute Gasteiger partial charge is 0.240 e. The van der Waals surface area contributed by atoms with Crippen molar-refractivity contribution in [3.63, 3.8) is 0 Å². The Morgan fingerprint density at radius 2 is 1.71 bits per heavy atom. The number of aliphatic imine (C=N–C) groups is 1. The van der Waals surface area contributed by atoms with Gasteiger partial charge in [-0.15, -0.1) is 0 Å². The fraction of sp³-hybridized carbons (Fsp3) is 0.0714. The molecular weight excluding hydrogens is 212 g/mol. The van der Waals surface area contributed by atoms with Crippen LogP contribution >= 0.6 is 0 Å². The van der Waals surface area contributed by atoms with Crippen LogP contribution in [0.1, 0.15) is 5.56 Å². The Hall–Kier alpha value is -2.38. The van der Waals surface area contributed by atoms with Crippen molar-refractivity contribution >= 4 is 17.5 Å². The number of nitrogens with zero attached hydrogens (tertiary/aromatic N) is 1. The van der Waals surface area contributed by atoms with Gasteiger partial charge in [-0.25, -0.2) is 4.79 Å². The average Bonchev–Trinajstić information content (AvgIpc) is 2.40. The van der Waals surface area contributed by atoms with Crippen LogP contribution in [0.5, 0.6) is 0 Å². The van der Waals surface area contributed by atoms with Crippen LogP contribution in [0.3, 0.4) is 0 Å². The number of isocyanates is 1. The second-order valence-corrected chi connectivity index (χ2v) is 3.59. The quantitative estimate of drug-likeness (QED) is 0.639. The van der Waals surface area contributed by atoms with E-state index in [1.807, 2.05) is 30.3 Å². The Morgan fingerprint density at radius 1 is 1.00 bits per heavy atom. The molecule has 3 nitrogen and oxygen atoms in total. The molecule has 2 rings (SSSR count). The maximum atomic E-state index is 10.1. The third-order valence-electron chi connectivity index (χ3n) is 2.38. The lowest BCUT2D eigenvalue weighted by Crippen LogP contribution is -1.98. The van der Waals surface area contributed by atoms with Crippen molar-refractivity contribution in [3.05, 3.63) is 60.2 Å². The fourth-order valence-electron chi connectivity index (χ4n) is 1.51. The van der Waals surface area contributed by atoms with Crippen LogP contribution in [0, 0.1) is 0 Å². The van der Waals surface area contributed by atoms with E-state index in [1.54, 1.807) is 12.1 Å². The van der Waals surface area contributed by atoms with Gasteiger partial charge < -0.3 is 5.32 Å². The van der Waals surface area contributed by atoms with Crippen molar-refractivity contribution in [1.29, 1.82) is 0 Å². The second kappa shape index (κ2) is 5.64. The third kappa shape index (κ3) is 3.30. The zero-order valence-corrected chi connectivity index (χ0v) is 9.26. The number of nitrogens with one attached hydrogen (secondary N) is 1. The molecule has 84 valence electrons. The van der Waals surface area contributed by atoms with Gasteiger partial charge in [0.15, 0.2) is 0 Å². The molecular formula is C14H12N2O. The summed E-state index contributed by atoms with van der Waals surface area (Å²) < 4.78 is 0. The van der Waals surface area contributed by atoms with Crippen molar-refractivity contribution in [3.8, 4) is 0 Å². The Bertz CT molecular complexity index is 514. The molecule has 0 saturated carbocycles. The molecule has 0 spiro atoms. The Balaban J connectivity index is 1.98. The van der Waals surface area contributed by atoms with E-state index in [4.69, 9.17) is 0 Å². The van der Waals surface area contributed by atoms with Gasteiger partial charge in [0.05, 0.1) is 5.69 Å². The van der Waals surface area contributed by atoms with Crippen LogP contribution in [0.2, 0.25) is 0 Å². The number of hydrogen-bond donors (Lipinski definition) is 1. The summed E-state index contributed by atoms with van der Waals surface area (Å²) in [6, 6.07) is 17.5. The van der Waals surface area contributed by atoms with Crippen LogP contribution in [0.15, 0.2) is 59.6 Å². The van der Waals surface area contributed by atoms with E-state index < -0.39 is 0 Å². The molecule has 3 heteroatoms. The number of benzene rings is 2. The maximum absolute atomic E-state index is 10.1. The van der Waals surface area contributed by atoms with Crippen molar-refractivity contribution in [2.24, 2.45) is 4.99 Å². The minimum Gasteiger partial charge on any atom is -0.381 e. The van der Waals surface area contributed by atoms with E-state index >= 15 is 0 Å². The normalized spacial score (nSPS) is 9.41. The molecule has 0 aliphatic carbocycles. The summed E-state index contributed by atoms with van der Waals surface area (Å²) in [5, 5.41) is 3.29. The molecule has 0 unspecified atom stereocenters. The van der Waals surface area contributed by atoms with Crippen LogP contribution in [-0.2, 0) is 11.3 Å². The summed E-state index contributed by atoms with van der Waals surface area (Å²) in [7, 11) is 0. The Kier molecular flexibility index (Phi) is 3.68. The van der Waals surface area contributed by atoms with E-state index in [2.05, 4.69) is 22.4 Å². The highest BCUT2D eigenvalue weighted by molar-refractivity contribution is 5.54. The van der Waals surface area contributed by atoms with Gasteiger partial charge in [-0.05, 0) is 29.8 Å². The van der Waals surface area contributed by atoms with E-state index in [0.717, 1.165) is 12.2 Å². The molecule has 0 aliphatic rings. The van der Waals surface area contributed by atoms with Gasteiger partial charge in [0.1, 0.15) is 0 Å². The molecule has 0 heterocycles. The second-order valence-electron chi connectivity index (χ2n) is 3.59. The van der Waals surface area contributed by atoms with Crippen LogP contribution in [0.25, 0.3) is 0 Å². The first-order valence-corrected chi connectivity index (χ1v) is 5.34. The zero-order chi connectivity index (χ0) is 11.9. The summed E-state index contributed by atoms with van der Waals surface area (Å²) in [5.41, 5.74) is 2.84. The SMILES string of the molecule is O=C=Nc1ccc(NCc2ccccc2)cc1. The van der Waals surface area contributed by atoms with Gasteiger partial charge in [0.2, 0.25) is 6.08 Å². The summed E-state index contributed by atoms with van der Waals surface area (Å²) in [6.07, 6.45) is 1.52. The number of hydrogen-bond acceptors (Lipinski definition) is 3. The van der Waals surface area contributed by atoms with Crippen molar-refractivity contribution in [2.75, 3.05) is 5.32 Å².